The second-order valence-electron chi connectivity index (χ2n) is 4.61. The van der Waals surface area contributed by atoms with Gasteiger partial charge in [0, 0.05) is 16.9 Å². The van der Waals surface area contributed by atoms with Crippen LogP contribution in [-0.2, 0) is 0 Å². The van der Waals surface area contributed by atoms with Gasteiger partial charge in [-0.25, -0.2) is 0 Å². The summed E-state index contributed by atoms with van der Waals surface area (Å²) in [5.41, 5.74) is 0.782. The van der Waals surface area contributed by atoms with Crippen molar-refractivity contribution in [2.24, 2.45) is 5.92 Å². The number of Topliss-reactive ketones (excluding diaryl/α,β-unsaturated/α-hetero) is 1. The Balaban J connectivity index is 2.64. The molecule has 0 fully saturated rings. The Morgan fingerprint density at radius 2 is 1.78 bits per heavy atom. The molecule has 0 saturated carbocycles. The van der Waals surface area contributed by atoms with Gasteiger partial charge in [-0.2, -0.15) is 0 Å². The summed E-state index contributed by atoms with van der Waals surface area (Å²) in [5.74, 6) is 1.02. The van der Waals surface area contributed by atoms with Gasteiger partial charge >= 0.3 is 0 Å². The molecular formula is C16H18O2. The highest BCUT2D eigenvalue weighted by Crippen LogP contribution is 2.29. The number of hydrogen-bond donors (Lipinski definition) is 0. The first-order valence-corrected chi connectivity index (χ1v) is 6.34. The summed E-state index contributed by atoms with van der Waals surface area (Å²) in [6.45, 7) is 6.44. The molecule has 0 aliphatic rings. The van der Waals surface area contributed by atoms with E-state index in [0.29, 0.717) is 6.61 Å². The molecule has 18 heavy (non-hydrogen) atoms. The summed E-state index contributed by atoms with van der Waals surface area (Å²) in [5, 5.41) is 1.98. The molecule has 0 aliphatic heterocycles. The Hall–Kier alpha value is -1.83. The number of ketones is 1. The van der Waals surface area contributed by atoms with E-state index >= 15 is 0 Å². The summed E-state index contributed by atoms with van der Waals surface area (Å²) < 4.78 is 5.60. The van der Waals surface area contributed by atoms with E-state index in [-0.39, 0.29) is 11.7 Å². The van der Waals surface area contributed by atoms with Crippen LogP contribution in [0.4, 0.5) is 0 Å². The largest absolute Gasteiger partial charge is 0.493 e. The molecule has 2 heteroatoms. The molecule has 0 aliphatic carbocycles. The third kappa shape index (κ3) is 2.23. The molecule has 94 valence electrons. The summed E-state index contributed by atoms with van der Waals surface area (Å²) in [7, 11) is 0. The van der Waals surface area contributed by atoms with E-state index in [1.165, 1.54) is 0 Å². The van der Waals surface area contributed by atoms with Gasteiger partial charge in [-0.3, -0.25) is 4.79 Å². The predicted molar refractivity (Wildman–Crippen MR) is 74.3 cm³/mol. The van der Waals surface area contributed by atoms with Gasteiger partial charge in [0.05, 0.1) is 6.61 Å². The van der Waals surface area contributed by atoms with Crippen LogP contribution in [0, 0.1) is 5.92 Å². The van der Waals surface area contributed by atoms with Crippen LogP contribution in [0.2, 0.25) is 0 Å². The first-order valence-electron chi connectivity index (χ1n) is 6.34. The molecule has 0 N–H and O–H groups in total. The maximum atomic E-state index is 12.2. The van der Waals surface area contributed by atoms with Crippen molar-refractivity contribution in [1.82, 2.24) is 0 Å². The van der Waals surface area contributed by atoms with Crippen LogP contribution in [0.3, 0.4) is 0 Å². The van der Waals surface area contributed by atoms with Gasteiger partial charge in [0.2, 0.25) is 0 Å². The van der Waals surface area contributed by atoms with Crippen LogP contribution < -0.4 is 4.74 Å². The molecule has 0 heterocycles. The van der Waals surface area contributed by atoms with E-state index < -0.39 is 0 Å². The molecule has 2 aromatic rings. The second kappa shape index (κ2) is 5.21. The molecule has 0 amide bonds. The zero-order chi connectivity index (χ0) is 13.1. The molecular weight excluding hydrogens is 224 g/mol. The van der Waals surface area contributed by atoms with Crippen LogP contribution in [-0.4, -0.2) is 12.4 Å². The van der Waals surface area contributed by atoms with Crippen LogP contribution in [0.25, 0.3) is 10.8 Å². The van der Waals surface area contributed by atoms with Crippen LogP contribution in [0.15, 0.2) is 36.4 Å². The average Bonchev–Trinajstić information content (AvgIpc) is 2.38. The minimum atomic E-state index is 0.00588. The molecule has 2 aromatic carbocycles. The van der Waals surface area contributed by atoms with Gasteiger partial charge in [-0.15, -0.1) is 0 Å². The number of fused-ring (bicyclic) bond motifs is 1. The highest BCUT2D eigenvalue weighted by atomic mass is 16.5. The van der Waals surface area contributed by atoms with Crippen molar-refractivity contribution in [3.05, 3.63) is 42.0 Å². The minimum absolute atomic E-state index is 0.00588. The number of rotatable bonds is 4. The summed E-state index contributed by atoms with van der Waals surface area (Å²) in [6, 6.07) is 11.7. The lowest BCUT2D eigenvalue weighted by Gasteiger charge is -2.12. The van der Waals surface area contributed by atoms with E-state index in [0.717, 1.165) is 22.1 Å². The number of hydrogen-bond acceptors (Lipinski definition) is 2. The first-order chi connectivity index (χ1) is 8.65. The zero-order valence-corrected chi connectivity index (χ0v) is 11.1. The van der Waals surface area contributed by atoms with Crippen molar-refractivity contribution in [3.8, 4) is 5.75 Å². The Morgan fingerprint density at radius 3 is 2.39 bits per heavy atom. The van der Waals surface area contributed by atoms with E-state index in [1.54, 1.807) is 0 Å². The average molecular weight is 242 g/mol. The number of ether oxygens (including phenoxy) is 1. The molecule has 0 bridgehead atoms. The predicted octanol–water partition coefficient (Wildman–Crippen LogP) is 4.08. The quantitative estimate of drug-likeness (QED) is 0.755. The topological polar surface area (TPSA) is 26.3 Å². The zero-order valence-electron chi connectivity index (χ0n) is 11.1. The van der Waals surface area contributed by atoms with Gasteiger partial charge < -0.3 is 4.74 Å². The van der Waals surface area contributed by atoms with E-state index in [4.69, 9.17) is 4.74 Å². The molecule has 0 radical (unpaired) electrons. The highest BCUT2D eigenvalue weighted by Gasteiger charge is 2.15. The molecule has 2 rings (SSSR count). The third-order valence-electron chi connectivity index (χ3n) is 2.97. The van der Waals surface area contributed by atoms with Crippen molar-refractivity contribution < 1.29 is 9.53 Å². The molecule has 0 spiro atoms. The van der Waals surface area contributed by atoms with Crippen molar-refractivity contribution in [2.75, 3.05) is 6.61 Å². The van der Waals surface area contributed by atoms with E-state index in [9.17, 15) is 4.79 Å². The Labute approximate surface area is 108 Å². The lowest BCUT2D eigenvalue weighted by molar-refractivity contribution is 0.0941. The van der Waals surface area contributed by atoms with Crippen LogP contribution in [0.1, 0.15) is 31.1 Å². The van der Waals surface area contributed by atoms with E-state index in [2.05, 4.69) is 0 Å². The number of benzene rings is 2. The SMILES string of the molecule is CCOc1ccc(C(=O)C(C)C)c2ccccc12. The van der Waals surface area contributed by atoms with Gasteiger partial charge in [-0.1, -0.05) is 38.1 Å². The standard InChI is InChI=1S/C16H18O2/c1-4-18-15-10-9-14(16(17)11(2)3)12-7-5-6-8-13(12)15/h5-11H,4H2,1-3H3. The monoisotopic (exact) mass is 242 g/mol. The van der Waals surface area contributed by atoms with Crippen molar-refractivity contribution in [3.63, 3.8) is 0 Å². The highest BCUT2D eigenvalue weighted by molar-refractivity contribution is 6.10. The summed E-state index contributed by atoms with van der Waals surface area (Å²) in [6.07, 6.45) is 0. The lowest BCUT2D eigenvalue weighted by Crippen LogP contribution is -2.08. The van der Waals surface area contributed by atoms with E-state index in [1.807, 2.05) is 57.2 Å². The lowest BCUT2D eigenvalue weighted by atomic mass is 9.95. The van der Waals surface area contributed by atoms with Gasteiger partial charge in [0.25, 0.3) is 0 Å². The fourth-order valence-corrected chi connectivity index (χ4v) is 2.08. The molecule has 0 aromatic heterocycles. The van der Waals surface area contributed by atoms with Crippen molar-refractivity contribution in [1.29, 1.82) is 0 Å². The Kier molecular flexibility index (Phi) is 3.66. The van der Waals surface area contributed by atoms with Crippen LogP contribution >= 0.6 is 0 Å². The second-order valence-corrected chi connectivity index (χ2v) is 4.61. The summed E-state index contributed by atoms with van der Waals surface area (Å²) in [4.78, 5) is 12.2. The number of carbonyl (C=O) groups is 1. The summed E-state index contributed by atoms with van der Waals surface area (Å²) >= 11 is 0. The number of carbonyl (C=O) groups excluding carboxylic acids is 1. The maximum Gasteiger partial charge on any atom is 0.166 e. The van der Waals surface area contributed by atoms with Crippen molar-refractivity contribution in [2.45, 2.75) is 20.8 Å². The third-order valence-corrected chi connectivity index (χ3v) is 2.97. The molecule has 0 unspecified atom stereocenters. The van der Waals surface area contributed by atoms with Gasteiger partial charge in [-0.05, 0) is 24.4 Å². The van der Waals surface area contributed by atoms with Crippen molar-refractivity contribution >= 4 is 16.6 Å². The molecule has 0 atom stereocenters. The minimum Gasteiger partial charge on any atom is -0.493 e. The van der Waals surface area contributed by atoms with Gasteiger partial charge in [0.15, 0.2) is 5.78 Å². The van der Waals surface area contributed by atoms with Gasteiger partial charge in [0.1, 0.15) is 5.75 Å². The fraction of sp³-hybridized carbons (Fsp3) is 0.312. The molecule has 2 nitrogen and oxygen atoms in total. The van der Waals surface area contributed by atoms with Crippen LogP contribution in [0.5, 0.6) is 5.75 Å². The fourth-order valence-electron chi connectivity index (χ4n) is 2.08. The Bertz CT molecular complexity index is 570. The first kappa shape index (κ1) is 12.6. The Morgan fingerprint density at radius 1 is 1.11 bits per heavy atom. The maximum absolute atomic E-state index is 12.2. The molecule has 0 saturated heterocycles. The smallest absolute Gasteiger partial charge is 0.166 e. The normalized spacial score (nSPS) is 10.9.